The van der Waals surface area contributed by atoms with E-state index in [1.165, 1.54) is 28.9 Å². The zero-order chi connectivity index (χ0) is 20.1. The van der Waals surface area contributed by atoms with Gasteiger partial charge in [0.2, 0.25) is 0 Å². The van der Waals surface area contributed by atoms with Crippen molar-refractivity contribution in [1.29, 1.82) is 5.26 Å². The van der Waals surface area contributed by atoms with Gasteiger partial charge in [-0.05, 0) is 55.3 Å². The highest BCUT2D eigenvalue weighted by Crippen LogP contribution is 2.24. The molecule has 0 aliphatic carbocycles. The van der Waals surface area contributed by atoms with Crippen molar-refractivity contribution in [3.05, 3.63) is 65.4 Å². The molecule has 6 heteroatoms. The monoisotopic (exact) mass is 376 g/mol. The number of anilines is 2. The van der Waals surface area contributed by atoms with Gasteiger partial charge in [-0.1, -0.05) is 12.1 Å². The maximum Gasteiger partial charge on any atom is 0.267 e. The van der Waals surface area contributed by atoms with Crippen LogP contribution in [0.3, 0.4) is 0 Å². The van der Waals surface area contributed by atoms with E-state index >= 15 is 0 Å². The van der Waals surface area contributed by atoms with Crippen LogP contribution < -0.4 is 10.2 Å². The van der Waals surface area contributed by atoms with Gasteiger partial charge in [0, 0.05) is 43.8 Å². The fourth-order valence-electron chi connectivity index (χ4n) is 3.23. The highest BCUT2D eigenvalue weighted by Gasteiger charge is 2.19. The van der Waals surface area contributed by atoms with Gasteiger partial charge in [-0.15, -0.1) is 0 Å². The zero-order valence-electron chi connectivity index (χ0n) is 16.1. The van der Waals surface area contributed by atoms with Crippen molar-refractivity contribution < 1.29 is 9.90 Å². The number of carbonyl (C=O) groups is 1. The molecule has 2 N–H and O–H groups in total. The lowest BCUT2D eigenvalue weighted by molar-refractivity contribution is -0.112. The third kappa shape index (κ3) is 4.44. The Hall–Kier alpha value is -3.46. The van der Waals surface area contributed by atoms with Crippen molar-refractivity contribution in [2.24, 2.45) is 0 Å². The number of amides is 1. The molecule has 1 fully saturated rings. The predicted octanol–water partition coefficient (Wildman–Crippen LogP) is 3.18. The van der Waals surface area contributed by atoms with Crippen LogP contribution in [-0.4, -0.2) is 42.1 Å². The first-order chi connectivity index (χ1) is 13.5. The maximum atomic E-state index is 12.4. The Morgan fingerprint density at radius 1 is 1.11 bits per heavy atom. The molecule has 1 aliphatic rings. The molecular formula is C22H24N4O2. The summed E-state index contributed by atoms with van der Waals surface area (Å²) in [6, 6.07) is 14.5. The van der Waals surface area contributed by atoms with Crippen molar-refractivity contribution in [3.63, 3.8) is 0 Å². The average Bonchev–Trinajstić information content (AvgIpc) is 2.70. The van der Waals surface area contributed by atoms with Gasteiger partial charge in [0.05, 0.1) is 0 Å². The number of aromatic hydroxyl groups is 1. The minimum absolute atomic E-state index is 0.0632. The Morgan fingerprint density at radius 3 is 2.43 bits per heavy atom. The molecule has 0 saturated carbocycles. The molecule has 0 atom stereocenters. The van der Waals surface area contributed by atoms with Crippen LogP contribution in [0, 0.1) is 25.2 Å². The standard InChI is InChI=1S/C22H24N4O2/c1-16-4-3-5-21(17(16)2)26-12-10-25(11-13-26)15-18(14-23)22(28)24-19-6-8-20(27)9-7-19/h3-9,15,27H,10-13H2,1-2H3,(H,24,28)/b18-15-. The van der Waals surface area contributed by atoms with Crippen LogP contribution in [0.4, 0.5) is 11.4 Å². The predicted molar refractivity (Wildman–Crippen MR) is 110 cm³/mol. The largest absolute Gasteiger partial charge is 0.508 e. The van der Waals surface area contributed by atoms with Gasteiger partial charge < -0.3 is 20.2 Å². The second kappa shape index (κ2) is 8.49. The number of nitriles is 1. The number of piperazine rings is 1. The number of phenols is 1. The number of nitrogens with zero attached hydrogens (tertiary/aromatic N) is 3. The van der Waals surface area contributed by atoms with E-state index in [-0.39, 0.29) is 11.3 Å². The zero-order valence-corrected chi connectivity index (χ0v) is 16.1. The van der Waals surface area contributed by atoms with E-state index in [1.54, 1.807) is 18.3 Å². The molecule has 1 heterocycles. The van der Waals surface area contributed by atoms with Crippen LogP contribution in [0.2, 0.25) is 0 Å². The van der Waals surface area contributed by atoms with E-state index < -0.39 is 5.91 Å². The minimum Gasteiger partial charge on any atom is -0.508 e. The number of benzene rings is 2. The lowest BCUT2D eigenvalue weighted by Crippen LogP contribution is -2.44. The smallest absolute Gasteiger partial charge is 0.267 e. The number of carbonyl (C=O) groups excluding carboxylic acids is 1. The minimum atomic E-state index is -0.454. The molecule has 0 unspecified atom stereocenters. The van der Waals surface area contributed by atoms with E-state index in [0.717, 1.165) is 26.2 Å². The molecular weight excluding hydrogens is 352 g/mol. The molecule has 6 nitrogen and oxygen atoms in total. The van der Waals surface area contributed by atoms with Crippen LogP contribution in [0.25, 0.3) is 0 Å². The lowest BCUT2D eigenvalue weighted by Gasteiger charge is -2.36. The molecule has 0 radical (unpaired) electrons. The normalized spacial score (nSPS) is 14.5. The molecule has 1 amide bonds. The van der Waals surface area contributed by atoms with Crippen LogP contribution in [0.5, 0.6) is 5.75 Å². The SMILES string of the molecule is Cc1cccc(N2CCN(/C=C(/C#N)C(=O)Nc3ccc(O)cc3)CC2)c1C. The molecule has 0 spiro atoms. The van der Waals surface area contributed by atoms with Crippen molar-refractivity contribution in [2.75, 3.05) is 36.4 Å². The Kier molecular flexibility index (Phi) is 5.85. The van der Waals surface area contributed by atoms with Crippen molar-refractivity contribution in [1.82, 2.24) is 4.90 Å². The summed E-state index contributed by atoms with van der Waals surface area (Å²) in [6.45, 7) is 7.40. The Labute approximate surface area is 165 Å². The Morgan fingerprint density at radius 2 is 1.79 bits per heavy atom. The highest BCUT2D eigenvalue weighted by molar-refractivity contribution is 6.06. The third-order valence-corrected chi connectivity index (χ3v) is 5.03. The van der Waals surface area contributed by atoms with Crippen LogP contribution >= 0.6 is 0 Å². The first kappa shape index (κ1) is 19.3. The molecule has 3 rings (SSSR count). The van der Waals surface area contributed by atoms with Crippen LogP contribution in [-0.2, 0) is 4.79 Å². The summed E-state index contributed by atoms with van der Waals surface area (Å²) >= 11 is 0. The number of nitrogens with one attached hydrogen (secondary N) is 1. The van der Waals surface area contributed by atoms with Gasteiger partial charge >= 0.3 is 0 Å². The van der Waals surface area contributed by atoms with Gasteiger partial charge in [-0.3, -0.25) is 4.79 Å². The third-order valence-electron chi connectivity index (χ3n) is 5.03. The van der Waals surface area contributed by atoms with E-state index in [9.17, 15) is 15.2 Å². The second-order valence-corrected chi connectivity index (χ2v) is 6.90. The van der Waals surface area contributed by atoms with Crippen molar-refractivity contribution in [3.8, 4) is 11.8 Å². The van der Waals surface area contributed by atoms with Gasteiger partial charge in [0.15, 0.2) is 0 Å². The lowest BCUT2D eigenvalue weighted by atomic mass is 10.1. The summed E-state index contributed by atoms with van der Waals surface area (Å²) in [7, 11) is 0. The first-order valence-electron chi connectivity index (χ1n) is 9.25. The fourth-order valence-corrected chi connectivity index (χ4v) is 3.23. The van der Waals surface area contributed by atoms with Gasteiger partial charge in [0.25, 0.3) is 5.91 Å². The van der Waals surface area contributed by atoms with Crippen molar-refractivity contribution >= 4 is 17.3 Å². The second-order valence-electron chi connectivity index (χ2n) is 6.90. The quantitative estimate of drug-likeness (QED) is 0.487. The number of phenolic OH excluding ortho intramolecular Hbond substituents is 1. The van der Waals surface area contributed by atoms with Crippen molar-refractivity contribution in [2.45, 2.75) is 13.8 Å². The van der Waals surface area contributed by atoms with E-state index in [2.05, 4.69) is 42.3 Å². The summed E-state index contributed by atoms with van der Waals surface area (Å²) in [5.41, 5.74) is 4.40. The van der Waals surface area contributed by atoms with E-state index in [1.807, 2.05) is 11.0 Å². The number of aryl methyl sites for hydroxylation is 1. The molecule has 0 bridgehead atoms. The molecule has 0 aromatic heterocycles. The molecule has 28 heavy (non-hydrogen) atoms. The van der Waals surface area contributed by atoms with E-state index in [4.69, 9.17) is 0 Å². The Bertz CT molecular complexity index is 921. The summed E-state index contributed by atoms with van der Waals surface area (Å²) in [6.07, 6.45) is 1.64. The molecule has 144 valence electrons. The fraction of sp³-hybridized carbons (Fsp3) is 0.273. The average molecular weight is 376 g/mol. The summed E-state index contributed by atoms with van der Waals surface area (Å²) in [4.78, 5) is 16.7. The molecule has 1 aliphatic heterocycles. The van der Waals surface area contributed by atoms with Gasteiger partial charge in [-0.2, -0.15) is 5.26 Å². The summed E-state index contributed by atoms with van der Waals surface area (Å²) in [5, 5.41) is 21.4. The Balaban J connectivity index is 1.63. The number of rotatable bonds is 4. The highest BCUT2D eigenvalue weighted by atomic mass is 16.3. The number of hydrogen-bond donors (Lipinski definition) is 2. The molecule has 2 aromatic rings. The first-order valence-corrected chi connectivity index (χ1v) is 9.25. The maximum absolute atomic E-state index is 12.4. The van der Waals surface area contributed by atoms with E-state index in [0.29, 0.717) is 5.69 Å². The number of hydrogen-bond acceptors (Lipinski definition) is 5. The van der Waals surface area contributed by atoms with Crippen LogP contribution in [0.15, 0.2) is 54.2 Å². The summed E-state index contributed by atoms with van der Waals surface area (Å²) < 4.78 is 0. The molecule has 1 saturated heterocycles. The summed E-state index contributed by atoms with van der Waals surface area (Å²) in [5.74, 6) is -0.332. The van der Waals surface area contributed by atoms with Gasteiger partial charge in [0.1, 0.15) is 17.4 Å². The van der Waals surface area contributed by atoms with Crippen LogP contribution in [0.1, 0.15) is 11.1 Å². The topological polar surface area (TPSA) is 79.6 Å². The molecule has 2 aromatic carbocycles. The van der Waals surface area contributed by atoms with Gasteiger partial charge in [-0.25, -0.2) is 0 Å².